The third-order valence-electron chi connectivity index (χ3n) is 7.31. The van der Waals surface area contributed by atoms with Gasteiger partial charge in [0, 0.05) is 42.3 Å². The van der Waals surface area contributed by atoms with Gasteiger partial charge in [0.25, 0.3) is 0 Å². The van der Waals surface area contributed by atoms with Crippen LogP contribution in [0.4, 0.5) is 5.82 Å². The summed E-state index contributed by atoms with van der Waals surface area (Å²) < 4.78 is 12.2. The molecule has 0 aliphatic heterocycles. The van der Waals surface area contributed by atoms with Crippen molar-refractivity contribution in [2.24, 2.45) is 0 Å². The van der Waals surface area contributed by atoms with E-state index in [0.29, 0.717) is 31.3 Å². The number of nitrogens with one attached hydrogen (secondary N) is 3. The van der Waals surface area contributed by atoms with Crippen molar-refractivity contribution in [1.29, 1.82) is 0 Å². The number of halogens is 2. The molecule has 0 bridgehead atoms. The number of benzene rings is 1. The standard InChI is InChI=1S/C26H37Cl2N5O2Si/c1-26(2,3)36(4,5)35-15-13-29-12-14-34-22-23(27)32-25(28)33-24(22)30-17-10-11-21-19(16-17)18-8-6-7-9-20(18)31-21/h6-9,17,29,31H,10-16H2,1-5H3,(H,30,32,33). The van der Waals surface area contributed by atoms with Gasteiger partial charge < -0.3 is 24.8 Å². The van der Waals surface area contributed by atoms with Gasteiger partial charge in [-0.25, -0.2) is 4.98 Å². The molecular formula is C26H37Cl2N5O2Si. The summed E-state index contributed by atoms with van der Waals surface area (Å²) in [6, 6.07) is 8.62. The Morgan fingerprint density at radius 1 is 1.11 bits per heavy atom. The SMILES string of the molecule is CC(C)(C)[Si](C)(C)OCCNCCOc1c(Cl)nc(Cl)nc1NC1CCc2[nH]c3ccccc3c2C1. The van der Waals surface area contributed by atoms with E-state index in [-0.39, 0.29) is 21.5 Å². The first-order chi connectivity index (χ1) is 17.0. The highest BCUT2D eigenvalue weighted by molar-refractivity contribution is 6.74. The number of fused-ring (bicyclic) bond motifs is 3. The van der Waals surface area contributed by atoms with E-state index < -0.39 is 8.32 Å². The van der Waals surface area contributed by atoms with Crippen LogP contribution in [0, 0.1) is 0 Å². The molecule has 4 rings (SSSR count). The molecule has 0 saturated heterocycles. The highest BCUT2D eigenvalue weighted by atomic mass is 35.5. The second-order valence-electron chi connectivity index (χ2n) is 10.9. The lowest BCUT2D eigenvalue weighted by Gasteiger charge is -2.36. The Bertz CT molecular complexity index is 1200. The molecule has 3 aromatic rings. The van der Waals surface area contributed by atoms with Crippen molar-refractivity contribution >= 4 is 48.2 Å². The molecule has 0 amide bonds. The van der Waals surface area contributed by atoms with Crippen molar-refractivity contribution in [2.75, 3.05) is 31.6 Å². The normalized spacial score (nSPS) is 16.2. The minimum Gasteiger partial charge on any atom is -0.486 e. The van der Waals surface area contributed by atoms with Gasteiger partial charge in [-0.1, -0.05) is 50.6 Å². The lowest BCUT2D eigenvalue weighted by molar-refractivity contribution is 0.272. The van der Waals surface area contributed by atoms with Gasteiger partial charge in [0.1, 0.15) is 6.61 Å². The number of aromatic amines is 1. The lowest BCUT2D eigenvalue weighted by Crippen LogP contribution is -2.42. The van der Waals surface area contributed by atoms with Gasteiger partial charge in [0.15, 0.2) is 25.0 Å². The average molecular weight is 551 g/mol. The summed E-state index contributed by atoms with van der Waals surface area (Å²) in [5.41, 5.74) is 3.85. The summed E-state index contributed by atoms with van der Waals surface area (Å²) in [5, 5.41) is 8.69. The van der Waals surface area contributed by atoms with E-state index in [9.17, 15) is 0 Å². The number of nitrogens with zero attached hydrogens (tertiary/aromatic N) is 2. The number of ether oxygens (including phenoxy) is 1. The van der Waals surface area contributed by atoms with Crippen LogP contribution in [0.5, 0.6) is 5.75 Å². The van der Waals surface area contributed by atoms with Crippen molar-refractivity contribution in [2.45, 2.75) is 64.2 Å². The number of aryl methyl sites for hydroxylation is 1. The highest BCUT2D eigenvalue weighted by Crippen LogP contribution is 2.37. The monoisotopic (exact) mass is 549 g/mol. The zero-order valence-corrected chi connectivity index (χ0v) is 24.3. The van der Waals surface area contributed by atoms with Crippen LogP contribution in [0.2, 0.25) is 28.6 Å². The van der Waals surface area contributed by atoms with Gasteiger partial charge in [-0.15, -0.1) is 0 Å². The van der Waals surface area contributed by atoms with E-state index >= 15 is 0 Å². The maximum atomic E-state index is 6.41. The summed E-state index contributed by atoms with van der Waals surface area (Å²) in [6.07, 6.45) is 2.81. The molecule has 0 fully saturated rings. The quantitative estimate of drug-likeness (QED) is 0.120. The Kier molecular flexibility index (Phi) is 8.51. The summed E-state index contributed by atoms with van der Waals surface area (Å²) >= 11 is 12.5. The van der Waals surface area contributed by atoms with E-state index in [0.717, 1.165) is 25.8 Å². The molecule has 36 heavy (non-hydrogen) atoms. The third-order valence-corrected chi connectivity index (χ3v) is 12.3. The molecule has 3 N–H and O–H groups in total. The number of para-hydroxylation sites is 1. The summed E-state index contributed by atoms with van der Waals surface area (Å²) in [6.45, 7) is 13.8. The Balaban J connectivity index is 1.32. The van der Waals surface area contributed by atoms with Crippen molar-refractivity contribution in [3.8, 4) is 5.75 Å². The Morgan fingerprint density at radius 3 is 2.64 bits per heavy atom. The first-order valence-corrected chi connectivity index (χ1v) is 16.3. The molecule has 0 spiro atoms. The van der Waals surface area contributed by atoms with E-state index in [2.05, 4.69) is 83.7 Å². The largest absolute Gasteiger partial charge is 0.486 e. The van der Waals surface area contributed by atoms with Crippen LogP contribution in [0.3, 0.4) is 0 Å². The number of hydrogen-bond acceptors (Lipinski definition) is 6. The molecule has 10 heteroatoms. The molecule has 0 radical (unpaired) electrons. The maximum absolute atomic E-state index is 6.41. The molecule has 2 heterocycles. The second kappa shape index (κ2) is 11.3. The summed E-state index contributed by atoms with van der Waals surface area (Å²) in [7, 11) is -1.73. The molecule has 1 aromatic carbocycles. The highest BCUT2D eigenvalue weighted by Gasteiger charge is 2.36. The van der Waals surface area contributed by atoms with Crippen LogP contribution in [0.1, 0.15) is 38.4 Å². The minimum absolute atomic E-state index is 0.0966. The predicted octanol–water partition coefficient (Wildman–Crippen LogP) is 6.22. The maximum Gasteiger partial charge on any atom is 0.226 e. The van der Waals surface area contributed by atoms with Crippen LogP contribution in [-0.2, 0) is 17.3 Å². The molecule has 1 aliphatic rings. The van der Waals surface area contributed by atoms with Crippen LogP contribution < -0.4 is 15.4 Å². The number of H-pyrrole nitrogens is 1. The van der Waals surface area contributed by atoms with Crippen LogP contribution >= 0.6 is 23.2 Å². The number of rotatable bonds is 10. The molecule has 0 saturated carbocycles. The van der Waals surface area contributed by atoms with E-state index in [1.165, 1.54) is 22.2 Å². The van der Waals surface area contributed by atoms with E-state index in [4.69, 9.17) is 32.4 Å². The van der Waals surface area contributed by atoms with Gasteiger partial charge in [-0.05, 0) is 60.6 Å². The predicted molar refractivity (Wildman–Crippen MR) is 151 cm³/mol. The van der Waals surface area contributed by atoms with Gasteiger partial charge >= 0.3 is 0 Å². The zero-order valence-electron chi connectivity index (χ0n) is 21.8. The number of aromatic nitrogens is 3. The third kappa shape index (κ3) is 6.34. The Morgan fingerprint density at radius 2 is 1.86 bits per heavy atom. The topological polar surface area (TPSA) is 84.1 Å². The van der Waals surface area contributed by atoms with Gasteiger partial charge in [0.05, 0.1) is 0 Å². The first kappa shape index (κ1) is 27.2. The molecule has 1 aliphatic carbocycles. The first-order valence-electron chi connectivity index (χ1n) is 12.6. The molecule has 1 atom stereocenters. The van der Waals surface area contributed by atoms with Crippen molar-refractivity contribution in [3.05, 3.63) is 46.0 Å². The van der Waals surface area contributed by atoms with Crippen molar-refractivity contribution in [1.82, 2.24) is 20.3 Å². The van der Waals surface area contributed by atoms with Crippen LogP contribution in [0.15, 0.2) is 24.3 Å². The van der Waals surface area contributed by atoms with E-state index in [1.807, 2.05) is 0 Å². The molecule has 7 nitrogen and oxygen atoms in total. The van der Waals surface area contributed by atoms with Gasteiger partial charge in [-0.3, -0.25) is 0 Å². The second-order valence-corrected chi connectivity index (χ2v) is 16.4. The fourth-order valence-corrected chi connectivity index (χ4v) is 5.74. The van der Waals surface area contributed by atoms with Crippen molar-refractivity contribution in [3.63, 3.8) is 0 Å². The molecule has 196 valence electrons. The number of anilines is 1. The zero-order chi connectivity index (χ0) is 25.9. The number of hydrogen-bond donors (Lipinski definition) is 3. The fourth-order valence-electron chi connectivity index (χ4n) is 4.25. The van der Waals surface area contributed by atoms with Gasteiger partial charge in [0.2, 0.25) is 5.28 Å². The van der Waals surface area contributed by atoms with Crippen LogP contribution in [-0.4, -0.2) is 55.6 Å². The molecule has 2 aromatic heterocycles. The van der Waals surface area contributed by atoms with Crippen molar-refractivity contribution < 1.29 is 9.16 Å². The fraction of sp³-hybridized carbons (Fsp3) is 0.538. The Hall–Kier alpha value is -1.84. The lowest BCUT2D eigenvalue weighted by atomic mass is 9.91. The average Bonchev–Trinajstić information content (AvgIpc) is 3.17. The summed E-state index contributed by atoms with van der Waals surface area (Å²) in [4.78, 5) is 12.1. The molecular weight excluding hydrogens is 513 g/mol. The summed E-state index contributed by atoms with van der Waals surface area (Å²) in [5.74, 6) is 0.972. The van der Waals surface area contributed by atoms with E-state index in [1.54, 1.807) is 0 Å². The van der Waals surface area contributed by atoms with Gasteiger partial charge in [-0.2, -0.15) is 4.98 Å². The smallest absolute Gasteiger partial charge is 0.226 e. The van der Waals surface area contributed by atoms with Crippen LogP contribution in [0.25, 0.3) is 10.9 Å². The Labute approximate surface area is 224 Å². The minimum atomic E-state index is -1.73. The molecule has 1 unspecified atom stereocenters.